The van der Waals surface area contributed by atoms with Crippen molar-refractivity contribution in [2.24, 2.45) is 0 Å². The van der Waals surface area contributed by atoms with Crippen LogP contribution in [0.1, 0.15) is 44.4 Å². The minimum absolute atomic E-state index is 0.117. The highest BCUT2D eigenvalue weighted by Gasteiger charge is 2.35. The van der Waals surface area contributed by atoms with Crippen LogP contribution in [0.15, 0.2) is 18.2 Å². The number of benzene rings is 1. The zero-order valence-corrected chi connectivity index (χ0v) is 10.0. The molecule has 1 unspecified atom stereocenters. The molecule has 1 aromatic carbocycles. The van der Waals surface area contributed by atoms with E-state index in [1.54, 1.807) is 6.92 Å². The van der Waals surface area contributed by atoms with Crippen molar-refractivity contribution >= 4 is 0 Å². The molecule has 15 heavy (non-hydrogen) atoms. The third kappa shape index (κ3) is 1.92. The third-order valence-electron chi connectivity index (χ3n) is 3.19. The van der Waals surface area contributed by atoms with Crippen molar-refractivity contribution in [2.45, 2.75) is 51.6 Å². The van der Waals surface area contributed by atoms with E-state index in [0.717, 1.165) is 0 Å². The van der Waals surface area contributed by atoms with Crippen LogP contribution in [0.25, 0.3) is 0 Å². The van der Waals surface area contributed by atoms with Crippen LogP contribution in [0.3, 0.4) is 0 Å². The summed E-state index contributed by atoms with van der Waals surface area (Å²) in [7, 11) is 0. The van der Waals surface area contributed by atoms with Gasteiger partial charge in [-0.15, -0.1) is 0 Å². The molecule has 1 aliphatic rings. The van der Waals surface area contributed by atoms with E-state index in [0.29, 0.717) is 12.8 Å². The van der Waals surface area contributed by atoms with Gasteiger partial charge in [0.05, 0.1) is 0 Å². The molecule has 1 atom stereocenters. The highest BCUT2D eigenvalue weighted by Crippen LogP contribution is 2.38. The Morgan fingerprint density at radius 2 is 1.87 bits per heavy atom. The van der Waals surface area contributed by atoms with Crippen molar-refractivity contribution in [2.75, 3.05) is 0 Å². The summed E-state index contributed by atoms with van der Waals surface area (Å²) < 4.78 is 14.0. The van der Waals surface area contributed by atoms with Crippen molar-refractivity contribution in [1.82, 2.24) is 0 Å². The van der Waals surface area contributed by atoms with Crippen LogP contribution in [0.2, 0.25) is 0 Å². The molecule has 1 heteroatoms. The van der Waals surface area contributed by atoms with Crippen LogP contribution < -0.4 is 0 Å². The molecule has 82 valence electrons. The largest absolute Gasteiger partial charge is 0.243 e. The molecular weight excluding hydrogens is 187 g/mol. The molecular formula is C14H19F. The maximum atomic E-state index is 14.0. The molecule has 0 saturated heterocycles. The maximum absolute atomic E-state index is 14.0. The van der Waals surface area contributed by atoms with Gasteiger partial charge in [0.1, 0.15) is 5.67 Å². The van der Waals surface area contributed by atoms with Crippen LogP contribution in [-0.4, -0.2) is 5.67 Å². The zero-order valence-electron chi connectivity index (χ0n) is 10.0. The Labute approximate surface area is 91.5 Å². The molecule has 2 rings (SSSR count). The first-order valence-electron chi connectivity index (χ1n) is 5.60. The summed E-state index contributed by atoms with van der Waals surface area (Å²) >= 11 is 0. The minimum atomic E-state index is -1.04. The predicted molar refractivity (Wildman–Crippen MR) is 62.1 cm³/mol. The fraction of sp³-hybridized carbons (Fsp3) is 0.571. The van der Waals surface area contributed by atoms with Crippen molar-refractivity contribution in [1.29, 1.82) is 0 Å². The Kier molecular flexibility index (Phi) is 2.18. The number of hydrogen-bond acceptors (Lipinski definition) is 0. The lowest BCUT2D eigenvalue weighted by atomic mass is 9.82. The van der Waals surface area contributed by atoms with Gasteiger partial charge in [0.2, 0.25) is 0 Å². The van der Waals surface area contributed by atoms with E-state index in [-0.39, 0.29) is 5.41 Å². The highest BCUT2D eigenvalue weighted by atomic mass is 19.1. The summed E-state index contributed by atoms with van der Waals surface area (Å²) in [6, 6.07) is 6.26. The Balaban J connectivity index is 2.51. The van der Waals surface area contributed by atoms with Gasteiger partial charge < -0.3 is 0 Å². The predicted octanol–water partition coefficient (Wildman–Crippen LogP) is 3.81. The van der Waals surface area contributed by atoms with Crippen molar-refractivity contribution in [3.63, 3.8) is 0 Å². The van der Waals surface area contributed by atoms with E-state index in [1.165, 1.54) is 16.7 Å². The smallest absolute Gasteiger partial charge is 0.116 e. The first-order chi connectivity index (χ1) is 6.80. The minimum Gasteiger partial charge on any atom is -0.243 e. The van der Waals surface area contributed by atoms with Gasteiger partial charge in [-0.2, -0.15) is 0 Å². The van der Waals surface area contributed by atoms with E-state index in [2.05, 4.69) is 39.0 Å². The van der Waals surface area contributed by atoms with Crippen molar-refractivity contribution < 1.29 is 4.39 Å². The summed E-state index contributed by atoms with van der Waals surface area (Å²) in [5, 5.41) is 0. The summed E-state index contributed by atoms with van der Waals surface area (Å²) in [5.41, 5.74) is 2.83. The second kappa shape index (κ2) is 3.07. The van der Waals surface area contributed by atoms with Gasteiger partial charge >= 0.3 is 0 Å². The lowest BCUT2D eigenvalue weighted by molar-refractivity contribution is 0.205. The Hall–Kier alpha value is -0.850. The first kappa shape index (κ1) is 10.7. The maximum Gasteiger partial charge on any atom is 0.116 e. The average Bonchev–Trinajstić information content (AvgIpc) is 2.35. The first-order valence-corrected chi connectivity index (χ1v) is 5.60. The molecule has 0 heterocycles. The summed E-state index contributed by atoms with van der Waals surface area (Å²) in [6.45, 7) is 8.28. The summed E-state index contributed by atoms with van der Waals surface area (Å²) in [6.07, 6.45) is 1.15. The molecule has 0 radical (unpaired) electrons. The van der Waals surface area contributed by atoms with E-state index in [9.17, 15) is 4.39 Å². The summed E-state index contributed by atoms with van der Waals surface area (Å²) in [5.74, 6) is 0. The average molecular weight is 206 g/mol. The monoisotopic (exact) mass is 206 g/mol. The van der Waals surface area contributed by atoms with Crippen molar-refractivity contribution in [3.05, 3.63) is 34.9 Å². The van der Waals surface area contributed by atoms with Gasteiger partial charge in [-0.25, -0.2) is 4.39 Å². The molecule has 1 aliphatic carbocycles. The van der Waals surface area contributed by atoms with E-state index in [4.69, 9.17) is 0 Å². The van der Waals surface area contributed by atoms with E-state index in [1.807, 2.05) is 0 Å². The molecule has 0 saturated carbocycles. The number of fused-ring (bicyclic) bond motifs is 1. The Morgan fingerprint density at radius 1 is 1.20 bits per heavy atom. The molecule has 0 fully saturated rings. The number of halogens is 1. The third-order valence-corrected chi connectivity index (χ3v) is 3.19. The van der Waals surface area contributed by atoms with Crippen LogP contribution in [0, 0.1) is 0 Å². The topological polar surface area (TPSA) is 0 Å². The number of hydrogen-bond donors (Lipinski definition) is 0. The zero-order chi connectivity index (χ0) is 11.3. The van der Waals surface area contributed by atoms with Gasteiger partial charge in [-0.3, -0.25) is 0 Å². The molecule has 0 spiro atoms. The lowest BCUT2D eigenvalue weighted by Crippen LogP contribution is -2.18. The van der Waals surface area contributed by atoms with Gasteiger partial charge in [0.15, 0.2) is 0 Å². The fourth-order valence-corrected chi connectivity index (χ4v) is 2.54. The van der Waals surface area contributed by atoms with Crippen LogP contribution in [0.4, 0.5) is 4.39 Å². The molecule has 0 aliphatic heterocycles. The number of alkyl halides is 1. The Morgan fingerprint density at radius 3 is 2.47 bits per heavy atom. The standard InChI is InChI=1S/C14H19F/c1-13(2,3)12-7-5-6-10-8-14(4,15)9-11(10)12/h5-7H,8-9H2,1-4H3. The van der Waals surface area contributed by atoms with Crippen LogP contribution in [-0.2, 0) is 18.3 Å². The molecule has 1 aromatic rings. The normalized spacial score (nSPS) is 25.4. The second-order valence-corrected chi connectivity index (χ2v) is 5.96. The van der Waals surface area contributed by atoms with Crippen LogP contribution in [0.5, 0.6) is 0 Å². The fourth-order valence-electron chi connectivity index (χ4n) is 2.54. The Bertz CT molecular complexity index is 383. The highest BCUT2D eigenvalue weighted by molar-refractivity contribution is 5.44. The molecule has 0 amide bonds. The van der Waals surface area contributed by atoms with Gasteiger partial charge in [-0.05, 0) is 29.0 Å². The summed E-state index contributed by atoms with van der Waals surface area (Å²) in [4.78, 5) is 0. The second-order valence-electron chi connectivity index (χ2n) is 5.96. The van der Waals surface area contributed by atoms with Gasteiger partial charge in [-0.1, -0.05) is 39.0 Å². The molecule has 0 N–H and O–H groups in total. The molecule has 0 nitrogen and oxygen atoms in total. The van der Waals surface area contributed by atoms with Gasteiger partial charge in [0, 0.05) is 12.8 Å². The van der Waals surface area contributed by atoms with E-state index >= 15 is 0 Å². The number of rotatable bonds is 0. The lowest BCUT2D eigenvalue weighted by Gasteiger charge is -2.22. The van der Waals surface area contributed by atoms with E-state index < -0.39 is 5.67 Å². The van der Waals surface area contributed by atoms with Crippen molar-refractivity contribution in [3.8, 4) is 0 Å². The SMILES string of the molecule is CC1(F)Cc2cccc(C(C)(C)C)c2C1. The van der Waals surface area contributed by atoms with Crippen LogP contribution >= 0.6 is 0 Å². The molecule has 0 bridgehead atoms. The van der Waals surface area contributed by atoms with Gasteiger partial charge in [0.25, 0.3) is 0 Å². The molecule has 0 aromatic heterocycles. The quantitative estimate of drug-likeness (QED) is 0.605.